The topological polar surface area (TPSA) is 24.7 Å². The molecule has 1 unspecified atom stereocenters. The standard InChI is InChI=1S/C6H13NO/c1-7-4-2-3-6(7)5-8/h6-8H,1-5H2/t6-/m0/s1. The summed E-state index contributed by atoms with van der Waals surface area (Å²) >= 11 is 0. The fourth-order valence-corrected chi connectivity index (χ4v) is 1.20. The Morgan fingerprint density at radius 3 is 2.75 bits per heavy atom. The van der Waals surface area contributed by atoms with E-state index in [1.807, 2.05) is 0 Å². The molecule has 0 aromatic carbocycles. The zero-order valence-corrected chi connectivity index (χ0v) is 5.06. The third kappa shape index (κ3) is 1.01. The van der Waals surface area contributed by atoms with Crippen molar-refractivity contribution in [2.45, 2.75) is 18.9 Å². The highest BCUT2D eigenvalue weighted by molar-refractivity contribution is 4.59. The van der Waals surface area contributed by atoms with Crippen molar-refractivity contribution < 1.29 is 10.0 Å². The molecule has 1 rings (SSSR count). The van der Waals surface area contributed by atoms with Gasteiger partial charge in [-0.05, 0) is 6.42 Å². The van der Waals surface area contributed by atoms with Gasteiger partial charge in [-0.1, -0.05) is 0 Å². The number of hydrogen-bond donors (Lipinski definition) is 2. The highest BCUT2D eigenvalue weighted by Crippen LogP contribution is 1.96. The molecule has 48 valence electrons. The molecule has 1 saturated heterocycles. The van der Waals surface area contributed by atoms with Crippen LogP contribution in [0.2, 0.25) is 0 Å². The summed E-state index contributed by atoms with van der Waals surface area (Å²) in [5.41, 5.74) is 0. The molecule has 0 aromatic rings. The van der Waals surface area contributed by atoms with E-state index < -0.39 is 0 Å². The molecular weight excluding hydrogens is 102 g/mol. The predicted molar refractivity (Wildman–Crippen MR) is 31.3 cm³/mol. The second-order valence-electron chi connectivity index (χ2n) is 2.43. The minimum absolute atomic E-state index is 0.304. The molecule has 1 aliphatic rings. The van der Waals surface area contributed by atoms with E-state index in [9.17, 15) is 0 Å². The first-order valence-corrected chi connectivity index (χ1v) is 3.13. The van der Waals surface area contributed by atoms with E-state index in [2.05, 4.69) is 7.05 Å². The van der Waals surface area contributed by atoms with Crippen molar-refractivity contribution in [3.63, 3.8) is 0 Å². The van der Waals surface area contributed by atoms with Crippen molar-refractivity contribution in [1.82, 2.24) is 0 Å². The molecule has 2 heteroatoms. The van der Waals surface area contributed by atoms with Crippen LogP contribution in [-0.2, 0) is 0 Å². The lowest BCUT2D eigenvalue weighted by molar-refractivity contribution is -0.867. The van der Waals surface area contributed by atoms with Gasteiger partial charge in [-0.2, -0.15) is 7.05 Å². The average molecular weight is 115 g/mol. The quantitative estimate of drug-likeness (QED) is 0.413. The first kappa shape index (κ1) is 6.05. The van der Waals surface area contributed by atoms with Crippen molar-refractivity contribution in [2.24, 2.45) is 0 Å². The Bertz CT molecular complexity index is 74.9. The fourth-order valence-electron chi connectivity index (χ4n) is 1.20. The fraction of sp³-hybridized carbons (Fsp3) is 0.833. The van der Waals surface area contributed by atoms with Crippen LogP contribution in [0.15, 0.2) is 0 Å². The number of hydrogen-bond acceptors (Lipinski definition) is 1. The predicted octanol–water partition coefficient (Wildman–Crippen LogP) is -1.18. The van der Waals surface area contributed by atoms with Crippen LogP contribution >= 0.6 is 0 Å². The number of aliphatic hydroxyl groups is 1. The number of nitrogens with one attached hydrogen (secondary N) is 1. The zero-order chi connectivity index (χ0) is 5.98. The highest BCUT2D eigenvalue weighted by Gasteiger charge is 2.18. The van der Waals surface area contributed by atoms with Crippen LogP contribution in [0.4, 0.5) is 0 Å². The first-order chi connectivity index (χ1) is 3.84. The van der Waals surface area contributed by atoms with Gasteiger partial charge in [0.2, 0.25) is 0 Å². The maximum Gasteiger partial charge on any atom is 0.0928 e. The van der Waals surface area contributed by atoms with Crippen LogP contribution < -0.4 is 4.90 Å². The van der Waals surface area contributed by atoms with E-state index >= 15 is 0 Å². The molecule has 0 saturated carbocycles. The number of quaternary nitrogens is 1. The molecule has 1 heterocycles. The van der Waals surface area contributed by atoms with Gasteiger partial charge in [-0.15, -0.1) is 0 Å². The summed E-state index contributed by atoms with van der Waals surface area (Å²) in [6.45, 7) is 1.43. The van der Waals surface area contributed by atoms with Crippen LogP contribution in [0.3, 0.4) is 0 Å². The molecule has 8 heavy (non-hydrogen) atoms. The van der Waals surface area contributed by atoms with Crippen LogP contribution in [0.25, 0.3) is 0 Å². The van der Waals surface area contributed by atoms with Crippen molar-refractivity contribution in [1.29, 1.82) is 0 Å². The normalized spacial score (nSPS) is 38.2. The number of likely N-dealkylation sites (tertiary alicyclic amines) is 1. The summed E-state index contributed by atoms with van der Waals surface area (Å²) in [4.78, 5) is 1.24. The summed E-state index contributed by atoms with van der Waals surface area (Å²) in [7, 11) is 3.85. The lowest BCUT2D eigenvalue weighted by Gasteiger charge is -2.20. The zero-order valence-electron chi connectivity index (χ0n) is 5.06. The van der Waals surface area contributed by atoms with Crippen molar-refractivity contribution in [2.75, 3.05) is 13.2 Å². The van der Waals surface area contributed by atoms with Crippen LogP contribution in [0, 0.1) is 7.05 Å². The Hall–Kier alpha value is -0.0800. The number of rotatable bonds is 1. The Labute approximate surface area is 50.1 Å². The Kier molecular flexibility index (Phi) is 1.86. The summed E-state index contributed by atoms with van der Waals surface area (Å²) in [5.74, 6) is 0. The van der Waals surface area contributed by atoms with Crippen LogP contribution in [0.1, 0.15) is 12.8 Å². The van der Waals surface area contributed by atoms with Gasteiger partial charge in [0.1, 0.15) is 0 Å². The van der Waals surface area contributed by atoms with Crippen LogP contribution in [-0.4, -0.2) is 24.3 Å². The molecule has 2 nitrogen and oxygen atoms in total. The average Bonchev–Trinajstić information content (AvgIpc) is 2.14. The molecule has 0 bridgehead atoms. The van der Waals surface area contributed by atoms with Crippen molar-refractivity contribution in [3.05, 3.63) is 7.05 Å². The summed E-state index contributed by atoms with van der Waals surface area (Å²) in [6, 6.07) is 0.426. The van der Waals surface area contributed by atoms with E-state index in [4.69, 9.17) is 5.11 Å². The van der Waals surface area contributed by atoms with Gasteiger partial charge in [0.25, 0.3) is 0 Å². The maximum absolute atomic E-state index is 8.68. The van der Waals surface area contributed by atoms with E-state index in [0.717, 1.165) is 13.0 Å². The lowest BCUT2D eigenvalue weighted by Crippen LogP contribution is -3.09. The Balaban J connectivity index is 2.30. The molecule has 1 aliphatic heterocycles. The van der Waals surface area contributed by atoms with Crippen LogP contribution in [0.5, 0.6) is 0 Å². The lowest BCUT2D eigenvalue weighted by atomic mass is 10.2. The van der Waals surface area contributed by atoms with Gasteiger partial charge in [0.15, 0.2) is 0 Å². The minimum atomic E-state index is 0.304. The van der Waals surface area contributed by atoms with E-state index in [1.54, 1.807) is 0 Å². The first-order valence-electron chi connectivity index (χ1n) is 3.13. The largest absolute Gasteiger partial charge is 0.463 e. The second kappa shape index (κ2) is 2.46. The Morgan fingerprint density at radius 1 is 1.75 bits per heavy atom. The van der Waals surface area contributed by atoms with Gasteiger partial charge in [-0.3, -0.25) is 0 Å². The molecule has 0 radical (unpaired) electrons. The molecule has 0 spiro atoms. The minimum Gasteiger partial charge on any atom is -0.463 e. The summed E-state index contributed by atoms with van der Waals surface area (Å²) < 4.78 is 0. The molecular formula is C6H13NO. The van der Waals surface area contributed by atoms with E-state index in [-0.39, 0.29) is 0 Å². The maximum atomic E-state index is 8.68. The third-order valence-corrected chi connectivity index (χ3v) is 1.85. The van der Waals surface area contributed by atoms with Crippen molar-refractivity contribution in [3.8, 4) is 0 Å². The van der Waals surface area contributed by atoms with Gasteiger partial charge in [-0.25, -0.2) is 0 Å². The monoisotopic (exact) mass is 115 g/mol. The van der Waals surface area contributed by atoms with Crippen molar-refractivity contribution >= 4 is 0 Å². The summed E-state index contributed by atoms with van der Waals surface area (Å²) in [5, 5.41) is 8.68. The van der Waals surface area contributed by atoms with Gasteiger partial charge in [0.05, 0.1) is 19.2 Å². The molecule has 2 atom stereocenters. The van der Waals surface area contributed by atoms with E-state index in [0.29, 0.717) is 12.6 Å². The van der Waals surface area contributed by atoms with Gasteiger partial charge < -0.3 is 10.0 Å². The SMILES string of the molecule is [CH2-][NH+]1CCC[C@H]1CO. The Morgan fingerprint density at radius 2 is 2.50 bits per heavy atom. The third-order valence-electron chi connectivity index (χ3n) is 1.85. The van der Waals surface area contributed by atoms with Gasteiger partial charge in [0, 0.05) is 6.42 Å². The summed E-state index contributed by atoms with van der Waals surface area (Å²) in [6.07, 6.45) is 2.37. The molecule has 0 amide bonds. The second-order valence-corrected chi connectivity index (χ2v) is 2.43. The molecule has 1 fully saturated rings. The molecule has 0 aromatic heterocycles. The van der Waals surface area contributed by atoms with E-state index in [1.165, 1.54) is 11.3 Å². The smallest absolute Gasteiger partial charge is 0.0928 e. The number of aliphatic hydroxyl groups excluding tert-OH is 1. The highest BCUT2D eigenvalue weighted by atomic mass is 16.3. The van der Waals surface area contributed by atoms with Gasteiger partial charge >= 0.3 is 0 Å². The molecule has 2 N–H and O–H groups in total. The molecule has 0 aliphatic carbocycles.